The number of methoxy groups -OCH3 is 1. The van der Waals surface area contributed by atoms with E-state index >= 15 is 0 Å². The molecule has 1 aromatic carbocycles. The van der Waals surface area contributed by atoms with E-state index in [-0.39, 0.29) is 16.5 Å². The molecule has 0 bridgehead atoms. The number of rotatable bonds is 8. The van der Waals surface area contributed by atoms with E-state index in [1.165, 1.54) is 25.3 Å². The highest BCUT2D eigenvalue weighted by Gasteiger charge is 2.23. The van der Waals surface area contributed by atoms with Crippen molar-refractivity contribution < 1.29 is 28.2 Å². The predicted octanol–water partition coefficient (Wildman–Crippen LogP) is 2.27. The summed E-state index contributed by atoms with van der Waals surface area (Å²) < 4.78 is 23.0. The van der Waals surface area contributed by atoms with Crippen molar-refractivity contribution in [1.29, 1.82) is 0 Å². The standard InChI is InChI=1S/C17H21ClFNO5/c1-10(2)7-14(17(23)24-3)20-15(21)9-25-16(22)8-11-12(18)5-4-6-13(11)19/h4-6,10,14H,7-9H2,1-3H3,(H,20,21)/t14-/m1/s1. The number of amides is 1. The van der Waals surface area contributed by atoms with Crippen LogP contribution in [0.2, 0.25) is 5.02 Å². The maximum atomic E-state index is 13.6. The minimum atomic E-state index is -0.822. The lowest BCUT2D eigenvalue weighted by Gasteiger charge is -2.18. The highest BCUT2D eigenvalue weighted by Crippen LogP contribution is 2.19. The largest absolute Gasteiger partial charge is 0.467 e. The molecule has 138 valence electrons. The number of esters is 2. The van der Waals surface area contributed by atoms with Crippen LogP contribution in [-0.4, -0.2) is 37.6 Å². The molecule has 1 atom stereocenters. The third kappa shape index (κ3) is 7.09. The number of hydrogen-bond acceptors (Lipinski definition) is 5. The fourth-order valence-corrected chi connectivity index (χ4v) is 2.34. The first-order chi connectivity index (χ1) is 11.7. The summed E-state index contributed by atoms with van der Waals surface area (Å²) in [6.45, 7) is 3.19. The second-order valence-electron chi connectivity index (χ2n) is 5.81. The van der Waals surface area contributed by atoms with Crippen molar-refractivity contribution >= 4 is 29.4 Å². The molecule has 1 N–H and O–H groups in total. The highest BCUT2D eigenvalue weighted by atomic mass is 35.5. The molecule has 0 fully saturated rings. The molecule has 0 aromatic heterocycles. The second-order valence-corrected chi connectivity index (χ2v) is 6.22. The molecule has 0 saturated heterocycles. The topological polar surface area (TPSA) is 81.7 Å². The predicted molar refractivity (Wildman–Crippen MR) is 89.5 cm³/mol. The lowest BCUT2D eigenvalue weighted by molar-refractivity contribution is -0.150. The Hall–Kier alpha value is -2.15. The van der Waals surface area contributed by atoms with Crippen LogP contribution in [0.15, 0.2) is 18.2 Å². The highest BCUT2D eigenvalue weighted by molar-refractivity contribution is 6.31. The molecule has 1 amide bonds. The van der Waals surface area contributed by atoms with Crippen molar-refractivity contribution in [2.45, 2.75) is 32.7 Å². The monoisotopic (exact) mass is 373 g/mol. The molecule has 0 saturated carbocycles. The number of halogens is 2. The Bertz CT molecular complexity index is 615. The molecule has 0 radical (unpaired) electrons. The zero-order valence-electron chi connectivity index (χ0n) is 14.3. The zero-order valence-corrected chi connectivity index (χ0v) is 15.1. The van der Waals surface area contributed by atoms with Gasteiger partial charge in [-0.1, -0.05) is 31.5 Å². The van der Waals surface area contributed by atoms with Gasteiger partial charge in [-0.2, -0.15) is 0 Å². The summed E-state index contributed by atoms with van der Waals surface area (Å²) in [7, 11) is 1.22. The molecular weight excluding hydrogens is 353 g/mol. The fraction of sp³-hybridized carbons (Fsp3) is 0.471. The number of ether oxygens (including phenoxy) is 2. The van der Waals surface area contributed by atoms with Crippen LogP contribution in [0, 0.1) is 11.7 Å². The van der Waals surface area contributed by atoms with Gasteiger partial charge in [0.2, 0.25) is 0 Å². The first-order valence-electron chi connectivity index (χ1n) is 7.70. The Balaban J connectivity index is 2.54. The van der Waals surface area contributed by atoms with E-state index in [9.17, 15) is 18.8 Å². The molecule has 0 heterocycles. The molecule has 1 rings (SSSR count). The summed E-state index contributed by atoms with van der Waals surface area (Å²) in [6, 6.07) is 3.22. The van der Waals surface area contributed by atoms with Crippen LogP contribution in [0.5, 0.6) is 0 Å². The summed E-state index contributed by atoms with van der Waals surface area (Å²) in [5.74, 6) is -2.51. The maximum Gasteiger partial charge on any atom is 0.328 e. The molecule has 0 aliphatic carbocycles. The fourth-order valence-electron chi connectivity index (χ4n) is 2.11. The van der Waals surface area contributed by atoms with Crippen LogP contribution in [0.3, 0.4) is 0 Å². The van der Waals surface area contributed by atoms with Gasteiger partial charge < -0.3 is 14.8 Å². The van der Waals surface area contributed by atoms with Crippen LogP contribution in [-0.2, 0) is 30.3 Å². The Kier molecular flexibility index (Phi) is 8.34. The van der Waals surface area contributed by atoms with Gasteiger partial charge >= 0.3 is 11.9 Å². The Morgan fingerprint density at radius 1 is 1.28 bits per heavy atom. The number of carbonyl (C=O) groups is 3. The van der Waals surface area contributed by atoms with Crippen molar-refractivity contribution in [1.82, 2.24) is 5.32 Å². The summed E-state index contributed by atoms with van der Waals surface area (Å²) in [5, 5.41) is 2.55. The van der Waals surface area contributed by atoms with Gasteiger partial charge in [0, 0.05) is 10.6 Å². The van der Waals surface area contributed by atoms with Crippen molar-refractivity contribution in [3.63, 3.8) is 0 Å². The quantitative estimate of drug-likeness (QED) is 0.707. The van der Waals surface area contributed by atoms with Gasteiger partial charge in [0.15, 0.2) is 6.61 Å². The summed E-state index contributed by atoms with van der Waals surface area (Å²) in [5.41, 5.74) is 0.00169. The third-order valence-corrected chi connectivity index (χ3v) is 3.63. The van der Waals surface area contributed by atoms with Crippen molar-refractivity contribution in [2.24, 2.45) is 5.92 Å². The smallest absolute Gasteiger partial charge is 0.328 e. The van der Waals surface area contributed by atoms with E-state index < -0.39 is 42.7 Å². The SMILES string of the molecule is COC(=O)[C@@H](CC(C)C)NC(=O)COC(=O)Cc1c(F)cccc1Cl. The van der Waals surface area contributed by atoms with E-state index in [0.717, 1.165) is 0 Å². The van der Waals surface area contributed by atoms with Gasteiger partial charge in [0.25, 0.3) is 5.91 Å². The maximum absolute atomic E-state index is 13.6. The van der Waals surface area contributed by atoms with Crippen molar-refractivity contribution in [3.05, 3.63) is 34.6 Å². The van der Waals surface area contributed by atoms with Gasteiger partial charge in [-0.05, 0) is 24.5 Å². The normalized spacial score (nSPS) is 11.8. The van der Waals surface area contributed by atoms with Gasteiger partial charge in [0.05, 0.1) is 13.5 Å². The van der Waals surface area contributed by atoms with E-state index in [0.29, 0.717) is 6.42 Å². The van der Waals surface area contributed by atoms with E-state index in [4.69, 9.17) is 16.3 Å². The molecule has 1 aromatic rings. The van der Waals surface area contributed by atoms with Gasteiger partial charge in [-0.15, -0.1) is 0 Å². The molecular formula is C17H21ClFNO5. The van der Waals surface area contributed by atoms with Crippen LogP contribution < -0.4 is 5.32 Å². The number of nitrogens with one attached hydrogen (secondary N) is 1. The molecule has 0 aliphatic rings. The lowest BCUT2D eigenvalue weighted by Crippen LogP contribution is -2.44. The molecule has 25 heavy (non-hydrogen) atoms. The number of benzene rings is 1. The van der Waals surface area contributed by atoms with E-state index in [1.54, 1.807) is 0 Å². The molecule has 8 heteroatoms. The minimum absolute atomic E-state index is 0.00169. The van der Waals surface area contributed by atoms with Crippen LogP contribution >= 0.6 is 11.6 Å². The lowest BCUT2D eigenvalue weighted by atomic mass is 10.0. The Morgan fingerprint density at radius 3 is 2.52 bits per heavy atom. The average molecular weight is 374 g/mol. The zero-order chi connectivity index (χ0) is 19.0. The molecule has 6 nitrogen and oxygen atoms in total. The van der Waals surface area contributed by atoms with Gasteiger partial charge in [-0.3, -0.25) is 9.59 Å². The number of carbonyl (C=O) groups excluding carboxylic acids is 3. The average Bonchev–Trinajstić information content (AvgIpc) is 2.54. The Morgan fingerprint density at radius 2 is 1.96 bits per heavy atom. The van der Waals surface area contributed by atoms with Crippen LogP contribution in [0.25, 0.3) is 0 Å². The number of hydrogen-bond donors (Lipinski definition) is 1. The molecule has 0 unspecified atom stereocenters. The first-order valence-corrected chi connectivity index (χ1v) is 8.08. The first kappa shape index (κ1) is 20.9. The van der Waals surface area contributed by atoms with Crippen LogP contribution in [0.1, 0.15) is 25.8 Å². The van der Waals surface area contributed by atoms with Crippen molar-refractivity contribution in [2.75, 3.05) is 13.7 Å². The molecule has 0 spiro atoms. The van der Waals surface area contributed by atoms with E-state index in [2.05, 4.69) is 10.1 Å². The summed E-state index contributed by atoms with van der Waals surface area (Å²) in [6.07, 6.45) is -0.0115. The summed E-state index contributed by atoms with van der Waals surface area (Å²) >= 11 is 5.83. The summed E-state index contributed by atoms with van der Waals surface area (Å²) in [4.78, 5) is 35.2. The Labute approximate surface area is 150 Å². The van der Waals surface area contributed by atoms with E-state index in [1.807, 2.05) is 13.8 Å². The van der Waals surface area contributed by atoms with Crippen LogP contribution in [0.4, 0.5) is 4.39 Å². The van der Waals surface area contributed by atoms with Gasteiger partial charge in [0.1, 0.15) is 11.9 Å². The molecule has 0 aliphatic heterocycles. The second kappa shape index (κ2) is 9.98. The minimum Gasteiger partial charge on any atom is -0.467 e. The van der Waals surface area contributed by atoms with Gasteiger partial charge in [-0.25, -0.2) is 9.18 Å². The third-order valence-electron chi connectivity index (χ3n) is 3.28. The van der Waals surface area contributed by atoms with Crippen molar-refractivity contribution in [3.8, 4) is 0 Å².